The van der Waals surface area contributed by atoms with Crippen molar-refractivity contribution in [1.29, 1.82) is 0 Å². The van der Waals surface area contributed by atoms with Gasteiger partial charge in [-0.25, -0.2) is 0 Å². The number of rotatable bonds is 8. The molecule has 0 aliphatic heterocycles. The Kier molecular flexibility index (Phi) is 6.99. The molecule has 1 aromatic rings. The fraction of sp³-hybridized carbons (Fsp3) is 0.625. The van der Waals surface area contributed by atoms with Crippen molar-refractivity contribution >= 4 is 0 Å². The zero-order chi connectivity index (χ0) is 13.4. The van der Waals surface area contributed by atoms with Gasteiger partial charge in [0.05, 0.1) is 6.10 Å². The van der Waals surface area contributed by atoms with Gasteiger partial charge in [-0.2, -0.15) is 0 Å². The molecule has 0 aliphatic rings. The molecule has 0 heterocycles. The van der Waals surface area contributed by atoms with Crippen LogP contribution in [0.25, 0.3) is 0 Å². The van der Waals surface area contributed by atoms with Crippen molar-refractivity contribution in [1.82, 2.24) is 5.32 Å². The first-order valence-electron chi connectivity index (χ1n) is 7.02. The van der Waals surface area contributed by atoms with Crippen LogP contribution >= 0.6 is 0 Å². The van der Waals surface area contributed by atoms with E-state index in [4.69, 9.17) is 4.74 Å². The molecule has 2 heteroatoms. The van der Waals surface area contributed by atoms with E-state index in [0.717, 1.165) is 19.6 Å². The van der Waals surface area contributed by atoms with Crippen molar-refractivity contribution < 1.29 is 4.74 Å². The Morgan fingerprint density at radius 1 is 1.28 bits per heavy atom. The van der Waals surface area contributed by atoms with Crippen LogP contribution in [-0.2, 0) is 11.2 Å². The van der Waals surface area contributed by atoms with E-state index < -0.39 is 0 Å². The molecular weight excluding hydrogens is 222 g/mol. The van der Waals surface area contributed by atoms with Gasteiger partial charge in [0.1, 0.15) is 0 Å². The number of aryl methyl sites for hydroxylation is 2. The van der Waals surface area contributed by atoms with Crippen molar-refractivity contribution in [2.45, 2.75) is 52.7 Å². The molecule has 0 amide bonds. The van der Waals surface area contributed by atoms with Crippen LogP contribution in [0.5, 0.6) is 0 Å². The van der Waals surface area contributed by atoms with E-state index >= 15 is 0 Å². The van der Waals surface area contributed by atoms with Crippen LogP contribution in [-0.4, -0.2) is 25.3 Å². The van der Waals surface area contributed by atoms with Gasteiger partial charge < -0.3 is 10.1 Å². The summed E-state index contributed by atoms with van der Waals surface area (Å²) in [6, 6.07) is 9.31. The lowest BCUT2D eigenvalue weighted by Gasteiger charge is -2.17. The molecule has 0 saturated heterocycles. The van der Waals surface area contributed by atoms with Crippen LogP contribution in [0.2, 0.25) is 0 Å². The van der Waals surface area contributed by atoms with Crippen LogP contribution < -0.4 is 5.32 Å². The molecule has 2 unspecified atom stereocenters. The van der Waals surface area contributed by atoms with Crippen LogP contribution in [0.3, 0.4) is 0 Å². The Bertz CT molecular complexity index is 338. The smallest absolute Gasteiger partial charge is 0.0671 e. The molecule has 102 valence electrons. The van der Waals surface area contributed by atoms with Crippen LogP contribution in [0.4, 0.5) is 0 Å². The maximum Gasteiger partial charge on any atom is 0.0671 e. The first kappa shape index (κ1) is 15.2. The monoisotopic (exact) mass is 249 g/mol. The molecule has 0 aromatic heterocycles. The molecule has 2 nitrogen and oxygen atoms in total. The Morgan fingerprint density at radius 2 is 2.06 bits per heavy atom. The highest BCUT2D eigenvalue weighted by atomic mass is 16.5. The van der Waals surface area contributed by atoms with E-state index in [1.807, 2.05) is 6.92 Å². The SMILES string of the molecule is CCOC(C)CNC(C)CCc1cccc(C)c1. The predicted octanol–water partition coefficient (Wildman–Crippen LogP) is 3.33. The Balaban J connectivity index is 2.22. The summed E-state index contributed by atoms with van der Waals surface area (Å²) in [5.41, 5.74) is 2.78. The highest BCUT2D eigenvalue weighted by Gasteiger charge is 2.05. The molecule has 1 N–H and O–H groups in total. The molecule has 0 radical (unpaired) electrons. The lowest BCUT2D eigenvalue weighted by molar-refractivity contribution is 0.0741. The maximum absolute atomic E-state index is 5.51. The van der Waals surface area contributed by atoms with E-state index in [2.05, 4.69) is 50.4 Å². The molecule has 0 spiro atoms. The quantitative estimate of drug-likeness (QED) is 0.763. The fourth-order valence-electron chi connectivity index (χ4n) is 2.06. The Morgan fingerprint density at radius 3 is 2.72 bits per heavy atom. The molecule has 18 heavy (non-hydrogen) atoms. The van der Waals surface area contributed by atoms with Crippen molar-refractivity contribution in [2.75, 3.05) is 13.2 Å². The maximum atomic E-state index is 5.51. The standard InChI is InChI=1S/C16H27NO/c1-5-18-15(4)12-17-14(3)9-10-16-8-6-7-13(2)11-16/h6-8,11,14-15,17H,5,9-10,12H2,1-4H3. The summed E-state index contributed by atoms with van der Waals surface area (Å²) < 4.78 is 5.51. The second-order valence-corrected chi connectivity index (χ2v) is 5.10. The van der Waals surface area contributed by atoms with Crippen molar-refractivity contribution in [3.05, 3.63) is 35.4 Å². The van der Waals surface area contributed by atoms with E-state index in [1.165, 1.54) is 17.5 Å². The summed E-state index contributed by atoms with van der Waals surface area (Å²) in [5, 5.41) is 3.53. The lowest BCUT2D eigenvalue weighted by Crippen LogP contribution is -2.34. The summed E-state index contributed by atoms with van der Waals surface area (Å²) in [7, 11) is 0. The summed E-state index contributed by atoms with van der Waals surface area (Å²) in [4.78, 5) is 0. The zero-order valence-corrected chi connectivity index (χ0v) is 12.2. The summed E-state index contributed by atoms with van der Waals surface area (Å²) in [6.07, 6.45) is 2.61. The topological polar surface area (TPSA) is 21.3 Å². The van der Waals surface area contributed by atoms with Gasteiger partial charge in [0.25, 0.3) is 0 Å². The molecule has 0 saturated carbocycles. The highest BCUT2D eigenvalue weighted by Crippen LogP contribution is 2.08. The third kappa shape index (κ3) is 6.18. The molecule has 0 fully saturated rings. The third-order valence-corrected chi connectivity index (χ3v) is 3.15. The zero-order valence-electron chi connectivity index (χ0n) is 12.2. The van der Waals surface area contributed by atoms with Gasteiger partial charge in [0, 0.05) is 19.2 Å². The van der Waals surface area contributed by atoms with Crippen molar-refractivity contribution in [3.63, 3.8) is 0 Å². The fourth-order valence-corrected chi connectivity index (χ4v) is 2.06. The first-order chi connectivity index (χ1) is 8.61. The van der Waals surface area contributed by atoms with Crippen molar-refractivity contribution in [2.24, 2.45) is 0 Å². The number of nitrogens with one attached hydrogen (secondary N) is 1. The first-order valence-corrected chi connectivity index (χ1v) is 7.02. The van der Waals surface area contributed by atoms with E-state index in [1.54, 1.807) is 0 Å². The minimum atomic E-state index is 0.302. The van der Waals surface area contributed by atoms with Crippen LogP contribution in [0.1, 0.15) is 38.3 Å². The molecule has 2 atom stereocenters. The van der Waals surface area contributed by atoms with Crippen LogP contribution in [0.15, 0.2) is 24.3 Å². The summed E-state index contributed by atoms with van der Waals surface area (Å²) >= 11 is 0. The molecular formula is C16H27NO. The van der Waals surface area contributed by atoms with Crippen LogP contribution in [0, 0.1) is 6.92 Å². The summed E-state index contributed by atoms with van der Waals surface area (Å²) in [5.74, 6) is 0. The second-order valence-electron chi connectivity index (χ2n) is 5.10. The minimum absolute atomic E-state index is 0.302. The molecule has 1 aromatic carbocycles. The van der Waals surface area contributed by atoms with Gasteiger partial charge in [-0.1, -0.05) is 29.8 Å². The molecule has 0 bridgehead atoms. The number of hydrogen-bond acceptors (Lipinski definition) is 2. The Labute approximate surface area is 112 Å². The number of ether oxygens (including phenoxy) is 1. The van der Waals surface area contributed by atoms with E-state index in [9.17, 15) is 0 Å². The predicted molar refractivity (Wildman–Crippen MR) is 78.1 cm³/mol. The number of benzene rings is 1. The van der Waals surface area contributed by atoms with Gasteiger partial charge in [-0.3, -0.25) is 0 Å². The van der Waals surface area contributed by atoms with Gasteiger partial charge in [0.15, 0.2) is 0 Å². The van der Waals surface area contributed by atoms with Gasteiger partial charge in [0.2, 0.25) is 0 Å². The molecule has 1 rings (SSSR count). The minimum Gasteiger partial charge on any atom is -0.377 e. The summed E-state index contributed by atoms with van der Waals surface area (Å²) in [6.45, 7) is 10.3. The molecule has 0 aliphatic carbocycles. The normalized spacial score (nSPS) is 14.4. The average Bonchev–Trinajstić information content (AvgIpc) is 2.34. The second kappa shape index (κ2) is 8.28. The Hall–Kier alpha value is -0.860. The van der Waals surface area contributed by atoms with Crippen molar-refractivity contribution in [3.8, 4) is 0 Å². The number of hydrogen-bond donors (Lipinski definition) is 1. The van der Waals surface area contributed by atoms with E-state index in [0.29, 0.717) is 12.1 Å². The largest absolute Gasteiger partial charge is 0.377 e. The lowest BCUT2D eigenvalue weighted by atomic mass is 10.0. The van der Waals surface area contributed by atoms with Gasteiger partial charge >= 0.3 is 0 Å². The van der Waals surface area contributed by atoms with Gasteiger partial charge in [-0.15, -0.1) is 0 Å². The van der Waals surface area contributed by atoms with E-state index in [-0.39, 0.29) is 0 Å². The average molecular weight is 249 g/mol. The third-order valence-electron chi connectivity index (χ3n) is 3.15. The highest BCUT2D eigenvalue weighted by molar-refractivity contribution is 5.22. The van der Waals surface area contributed by atoms with Gasteiger partial charge in [-0.05, 0) is 46.1 Å².